The van der Waals surface area contributed by atoms with Gasteiger partial charge in [0.2, 0.25) is 0 Å². The number of rotatable bonds is 3. The minimum absolute atomic E-state index is 0.678. The molecule has 3 aromatic heterocycles. The van der Waals surface area contributed by atoms with Crippen LogP contribution >= 0.6 is 0 Å². The summed E-state index contributed by atoms with van der Waals surface area (Å²) in [5.74, 6) is 1.21. The van der Waals surface area contributed by atoms with Gasteiger partial charge in [-0.25, -0.2) is 9.97 Å². The zero-order chi connectivity index (χ0) is 16.4. The molecule has 0 unspecified atom stereocenters. The third kappa shape index (κ3) is 2.06. The van der Waals surface area contributed by atoms with Gasteiger partial charge in [0.05, 0.1) is 11.4 Å². The third-order valence-electron chi connectivity index (χ3n) is 5.56. The normalized spacial score (nSPS) is 19.7. The maximum Gasteiger partial charge on any atom is 0.136 e. The molecule has 0 spiro atoms. The Bertz CT molecular complexity index is 1010. The average molecular weight is 332 g/mol. The molecule has 1 saturated carbocycles. The number of nitrogens with zero attached hydrogens (tertiary/aromatic N) is 6. The van der Waals surface area contributed by atoms with E-state index < -0.39 is 0 Å². The fourth-order valence-corrected chi connectivity index (χ4v) is 4.16. The molecule has 0 radical (unpaired) electrons. The SMILES string of the molecule is c1cn2cc(-c3c(C4=NN(C5CC5)CC4)nc4n3CCC4)ccc2n1. The van der Waals surface area contributed by atoms with Crippen molar-refractivity contribution in [3.8, 4) is 11.3 Å². The largest absolute Gasteiger partial charge is 0.327 e. The lowest BCUT2D eigenvalue weighted by atomic mass is 10.1. The number of pyridine rings is 1. The number of hydrogen-bond donors (Lipinski definition) is 0. The summed E-state index contributed by atoms with van der Waals surface area (Å²) >= 11 is 0. The maximum absolute atomic E-state index is 5.01. The second-order valence-corrected chi connectivity index (χ2v) is 7.28. The van der Waals surface area contributed by atoms with Crippen LogP contribution in [0.5, 0.6) is 0 Å². The minimum Gasteiger partial charge on any atom is -0.327 e. The van der Waals surface area contributed by atoms with E-state index in [2.05, 4.69) is 37.3 Å². The summed E-state index contributed by atoms with van der Waals surface area (Å²) in [6.07, 6.45) is 11.9. The van der Waals surface area contributed by atoms with Gasteiger partial charge in [-0.3, -0.25) is 5.01 Å². The molecule has 6 heteroatoms. The van der Waals surface area contributed by atoms with Gasteiger partial charge in [0.15, 0.2) is 0 Å². The predicted octanol–water partition coefficient (Wildman–Crippen LogP) is 2.72. The highest BCUT2D eigenvalue weighted by molar-refractivity contribution is 6.04. The summed E-state index contributed by atoms with van der Waals surface area (Å²) in [6, 6.07) is 4.93. The highest BCUT2D eigenvalue weighted by atomic mass is 15.5. The Morgan fingerprint density at radius 1 is 1.08 bits per heavy atom. The van der Waals surface area contributed by atoms with Crippen LogP contribution in [0, 0.1) is 0 Å². The summed E-state index contributed by atoms with van der Waals surface area (Å²) in [5.41, 5.74) is 5.67. The Morgan fingerprint density at radius 3 is 2.96 bits per heavy atom. The number of hydrogen-bond acceptors (Lipinski definition) is 4. The molecule has 0 aromatic carbocycles. The quantitative estimate of drug-likeness (QED) is 0.741. The zero-order valence-corrected chi connectivity index (χ0v) is 14.1. The van der Waals surface area contributed by atoms with Crippen molar-refractivity contribution in [2.24, 2.45) is 5.10 Å². The molecule has 1 fully saturated rings. The Hall–Kier alpha value is -2.63. The van der Waals surface area contributed by atoms with Crippen molar-refractivity contribution in [2.45, 2.75) is 44.7 Å². The van der Waals surface area contributed by atoms with Crippen molar-refractivity contribution in [3.63, 3.8) is 0 Å². The van der Waals surface area contributed by atoms with Gasteiger partial charge in [-0.2, -0.15) is 5.10 Å². The van der Waals surface area contributed by atoms with Crippen molar-refractivity contribution >= 4 is 11.4 Å². The first kappa shape index (κ1) is 13.6. The van der Waals surface area contributed by atoms with E-state index in [1.165, 1.54) is 36.3 Å². The van der Waals surface area contributed by atoms with E-state index in [0.29, 0.717) is 6.04 Å². The van der Waals surface area contributed by atoms with Gasteiger partial charge >= 0.3 is 0 Å². The molecule has 6 nitrogen and oxygen atoms in total. The topological polar surface area (TPSA) is 50.7 Å². The molecular weight excluding hydrogens is 312 g/mol. The Balaban J connectivity index is 1.51. The number of aromatic nitrogens is 4. The van der Waals surface area contributed by atoms with Crippen molar-refractivity contribution in [3.05, 3.63) is 42.2 Å². The maximum atomic E-state index is 5.01. The van der Waals surface area contributed by atoms with Crippen LogP contribution < -0.4 is 0 Å². The molecular formula is C19H20N6. The van der Waals surface area contributed by atoms with Gasteiger partial charge in [-0.05, 0) is 31.4 Å². The fraction of sp³-hybridized carbons (Fsp3) is 0.421. The van der Waals surface area contributed by atoms with Crippen LogP contribution in [0.3, 0.4) is 0 Å². The van der Waals surface area contributed by atoms with Gasteiger partial charge in [0.1, 0.15) is 17.2 Å². The molecule has 0 atom stereocenters. The molecule has 2 aliphatic heterocycles. The van der Waals surface area contributed by atoms with Gasteiger partial charge < -0.3 is 8.97 Å². The van der Waals surface area contributed by atoms with E-state index in [9.17, 15) is 0 Å². The van der Waals surface area contributed by atoms with Gasteiger partial charge in [-0.15, -0.1) is 0 Å². The standard InChI is InChI=1S/C19H20N6/c1-2-17-21-18(15-7-10-25(22-15)14-4-5-14)19(24(17)9-1)13-3-6-16-20-8-11-23(16)12-13/h3,6,8,11-12,14H,1-2,4-5,7,9-10H2. The van der Waals surface area contributed by atoms with Gasteiger partial charge in [0.25, 0.3) is 0 Å². The van der Waals surface area contributed by atoms with E-state index in [-0.39, 0.29) is 0 Å². The molecule has 0 amide bonds. The Labute approximate surface area is 145 Å². The van der Waals surface area contributed by atoms with Crippen molar-refractivity contribution in [1.29, 1.82) is 0 Å². The smallest absolute Gasteiger partial charge is 0.136 e. The molecule has 0 N–H and O–H groups in total. The number of hydrazone groups is 1. The number of aryl methyl sites for hydroxylation is 1. The lowest BCUT2D eigenvalue weighted by Crippen LogP contribution is -2.15. The van der Waals surface area contributed by atoms with Gasteiger partial charge in [-0.1, -0.05) is 0 Å². The second-order valence-electron chi connectivity index (χ2n) is 7.28. The fourth-order valence-electron chi connectivity index (χ4n) is 4.16. The molecule has 3 aromatic rings. The Morgan fingerprint density at radius 2 is 2.04 bits per heavy atom. The van der Waals surface area contributed by atoms with Crippen LogP contribution in [-0.2, 0) is 13.0 Å². The number of imidazole rings is 2. The van der Waals surface area contributed by atoms with Crippen LogP contribution in [-0.4, -0.2) is 42.2 Å². The van der Waals surface area contributed by atoms with E-state index >= 15 is 0 Å². The van der Waals surface area contributed by atoms with Crippen molar-refractivity contribution in [2.75, 3.05) is 6.54 Å². The lowest BCUT2D eigenvalue weighted by Gasteiger charge is -2.10. The van der Waals surface area contributed by atoms with Crippen LogP contribution in [0.2, 0.25) is 0 Å². The van der Waals surface area contributed by atoms with E-state index in [1.54, 1.807) is 0 Å². The monoisotopic (exact) mass is 332 g/mol. The van der Waals surface area contributed by atoms with Crippen LogP contribution in [0.4, 0.5) is 0 Å². The van der Waals surface area contributed by atoms with E-state index in [4.69, 9.17) is 10.1 Å². The van der Waals surface area contributed by atoms with Crippen LogP contribution in [0.15, 0.2) is 35.8 Å². The molecule has 6 rings (SSSR count). The molecule has 25 heavy (non-hydrogen) atoms. The van der Waals surface area contributed by atoms with Crippen molar-refractivity contribution < 1.29 is 0 Å². The van der Waals surface area contributed by atoms with Crippen LogP contribution in [0.25, 0.3) is 16.9 Å². The summed E-state index contributed by atoms with van der Waals surface area (Å²) in [7, 11) is 0. The van der Waals surface area contributed by atoms with Crippen molar-refractivity contribution in [1.82, 2.24) is 23.9 Å². The second kappa shape index (κ2) is 4.94. The van der Waals surface area contributed by atoms with Crippen LogP contribution in [0.1, 0.15) is 37.2 Å². The summed E-state index contributed by atoms with van der Waals surface area (Å²) < 4.78 is 4.48. The lowest BCUT2D eigenvalue weighted by molar-refractivity contribution is 0.307. The molecule has 1 aliphatic carbocycles. The molecule has 3 aliphatic rings. The highest BCUT2D eigenvalue weighted by Crippen LogP contribution is 2.34. The highest BCUT2D eigenvalue weighted by Gasteiger charge is 2.34. The third-order valence-corrected chi connectivity index (χ3v) is 5.56. The first-order valence-electron chi connectivity index (χ1n) is 9.24. The molecule has 126 valence electrons. The summed E-state index contributed by atoms with van der Waals surface area (Å²) in [5, 5.41) is 7.21. The zero-order valence-electron chi connectivity index (χ0n) is 14.1. The average Bonchev–Trinajstić information content (AvgIpc) is 3.04. The first-order valence-corrected chi connectivity index (χ1v) is 9.24. The summed E-state index contributed by atoms with van der Waals surface area (Å²) in [6.45, 7) is 2.10. The molecule has 5 heterocycles. The number of fused-ring (bicyclic) bond motifs is 2. The molecule has 0 bridgehead atoms. The first-order chi connectivity index (χ1) is 12.4. The predicted molar refractivity (Wildman–Crippen MR) is 95.6 cm³/mol. The minimum atomic E-state index is 0.678. The van der Waals surface area contributed by atoms with E-state index in [1.807, 2.05) is 12.4 Å². The van der Waals surface area contributed by atoms with E-state index in [0.717, 1.165) is 43.0 Å². The Kier molecular flexibility index (Phi) is 2.69. The molecule has 0 saturated heterocycles. The summed E-state index contributed by atoms with van der Waals surface area (Å²) in [4.78, 5) is 9.37. The van der Waals surface area contributed by atoms with Gasteiger partial charge in [0, 0.05) is 56.1 Å².